The first kappa shape index (κ1) is 24.7. The van der Waals surface area contributed by atoms with Crippen molar-refractivity contribution >= 4 is 23.2 Å². The molecule has 0 radical (unpaired) electrons. The van der Waals surface area contributed by atoms with Crippen LogP contribution in [-0.2, 0) is 21.4 Å². The molecule has 36 heavy (non-hydrogen) atoms. The largest absolute Gasteiger partial charge is 0.480 e. The van der Waals surface area contributed by atoms with Gasteiger partial charge in [0.1, 0.15) is 5.75 Å². The molecule has 2 aromatic carbocycles. The van der Waals surface area contributed by atoms with Crippen LogP contribution >= 0.6 is 0 Å². The summed E-state index contributed by atoms with van der Waals surface area (Å²) in [7, 11) is 0. The van der Waals surface area contributed by atoms with E-state index in [1.165, 1.54) is 0 Å². The van der Waals surface area contributed by atoms with Crippen molar-refractivity contribution in [3.63, 3.8) is 0 Å². The molecular formula is C29H28N2O5. The summed E-state index contributed by atoms with van der Waals surface area (Å²) in [6.45, 7) is 5.30. The first-order valence-electron chi connectivity index (χ1n) is 11.6. The predicted octanol–water partition coefficient (Wildman–Crippen LogP) is 4.63. The molecule has 0 saturated heterocycles. The van der Waals surface area contributed by atoms with E-state index in [1.54, 1.807) is 18.3 Å². The number of fused-ring (bicyclic) bond motifs is 1. The molecular weight excluding hydrogens is 456 g/mol. The van der Waals surface area contributed by atoms with Crippen molar-refractivity contribution < 1.29 is 24.2 Å². The van der Waals surface area contributed by atoms with Gasteiger partial charge in [0.15, 0.2) is 6.61 Å². The number of nitrogens with two attached hydrogens (primary N) is 1. The average molecular weight is 485 g/mol. The summed E-state index contributed by atoms with van der Waals surface area (Å²) in [6.07, 6.45) is 2.24. The van der Waals surface area contributed by atoms with E-state index in [4.69, 9.17) is 15.6 Å². The molecule has 0 saturated carbocycles. The Labute approximate surface area is 209 Å². The lowest BCUT2D eigenvalue weighted by molar-refractivity contribution is -0.139. The molecule has 0 aliphatic carbocycles. The second-order valence-electron chi connectivity index (χ2n) is 9.61. The second kappa shape index (κ2) is 9.70. The highest BCUT2D eigenvalue weighted by molar-refractivity contribution is 6.44. The predicted molar refractivity (Wildman–Crippen MR) is 137 cm³/mol. The Morgan fingerprint density at radius 3 is 2.25 bits per heavy atom. The fourth-order valence-electron chi connectivity index (χ4n) is 4.68. The Hall–Kier alpha value is -4.39. The number of aromatic nitrogens is 1. The summed E-state index contributed by atoms with van der Waals surface area (Å²) in [4.78, 5) is 36.6. The minimum Gasteiger partial charge on any atom is -0.480 e. The lowest BCUT2D eigenvalue weighted by atomic mass is 9.81. The van der Waals surface area contributed by atoms with Crippen molar-refractivity contribution in [1.29, 1.82) is 0 Å². The number of carboxylic acids is 1. The lowest BCUT2D eigenvalue weighted by Gasteiger charge is -2.22. The van der Waals surface area contributed by atoms with Crippen molar-refractivity contribution in [1.82, 2.24) is 4.40 Å². The normalized spacial score (nSPS) is 11.4. The summed E-state index contributed by atoms with van der Waals surface area (Å²) in [5.74, 6) is -2.89. The molecule has 184 valence electrons. The molecule has 2 heterocycles. The van der Waals surface area contributed by atoms with Gasteiger partial charge in [-0.25, -0.2) is 4.79 Å². The average Bonchev–Trinajstić information content (AvgIpc) is 3.18. The molecule has 4 aromatic rings. The molecule has 4 rings (SSSR count). The summed E-state index contributed by atoms with van der Waals surface area (Å²) < 4.78 is 7.37. The van der Waals surface area contributed by atoms with E-state index in [0.29, 0.717) is 17.5 Å². The van der Waals surface area contributed by atoms with Crippen LogP contribution in [-0.4, -0.2) is 33.8 Å². The van der Waals surface area contributed by atoms with Gasteiger partial charge in [-0.15, -0.1) is 0 Å². The van der Waals surface area contributed by atoms with E-state index in [-0.39, 0.29) is 11.3 Å². The van der Waals surface area contributed by atoms with E-state index >= 15 is 0 Å². The number of Topliss-reactive ketones (excluding diaryl/α,β-unsaturated/α-hetero) is 1. The highest BCUT2D eigenvalue weighted by Crippen LogP contribution is 2.40. The molecule has 2 aromatic heterocycles. The van der Waals surface area contributed by atoms with Gasteiger partial charge in [0, 0.05) is 18.3 Å². The summed E-state index contributed by atoms with van der Waals surface area (Å²) >= 11 is 0. The zero-order valence-electron chi connectivity index (χ0n) is 20.4. The number of hydrogen-bond acceptors (Lipinski definition) is 4. The van der Waals surface area contributed by atoms with Crippen LogP contribution in [0, 0.1) is 0 Å². The second-order valence-corrected chi connectivity index (χ2v) is 9.61. The Bertz CT molecular complexity index is 1460. The van der Waals surface area contributed by atoms with E-state index < -0.39 is 29.7 Å². The number of benzene rings is 2. The molecule has 7 heteroatoms. The van der Waals surface area contributed by atoms with Gasteiger partial charge >= 0.3 is 5.97 Å². The number of carbonyl (C=O) groups excluding carboxylic acids is 2. The molecule has 0 aliphatic rings. The molecule has 0 aliphatic heterocycles. The number of hydrogen-bond donors (Lipinski definition) is 2. The third kappa shape index (κ3) is 4.73. The number of nitrogens with zero attached hydrogens (tertiary/aromatic N) is 1. The number of ketones is 1. The van der Waals surface area contributed by atoms with Crippen molar-refractivity contribution in [2.45, 2.75) is 32.6 Å². The van der Waals surface area contributed by atoms with Gasteiger partial charge in [0.05, 0.1) is 11.1 Å². The van der Waals surface area contributed by atoms with Crippen LogP contribution < -0.4 is 10.5 Å². The number of ether oxygens (including phenoxy) is 1. The summed E-state index contributed by atoms with van der Waals surface area (Å²) in [5.41, 5.74) is 10.0. The molecule has 0 unspecified atom stereocenters. The fraction of sp³-hybridized carbons (Fsp3) is 0.207. The SMILES string of the molecule is CC(C)(C)c1c(C(=O)C(N)=O)c2c(OCC(=O)O)cccn2c1Cc1ccccc1-c1ccccc1. The van der Waals surface area contributed by atoms with E-state index in [9.17, 15) is 14.4 Å². The van der Waals surface area contributed by atoms with Crippen LogP contribution in [0.2, 0.25) is 0 Å². The van der Waals surface area contributed by atoms with Crippen molar-refractivity contribution in [3.8, 4) is 16.9 Å². The highest BCUT2D eigenvalue weighted by atomic mass is 16.5. The van der Waals surface area contributed by atoms with Gasteiger partial charge < -0.3 is 20.0 Å². The van der Waals surface area contributed by atoms with Crippen LogP contribution in [0.3, 0.4) is 0 Å². The van der Waals surface area contributed by atoms with Crippen LogP contribution in [0.4, 0.5) is 0 Å². The van der Waals surface area contributed by atoms with Crippen LogP contribution in [0.5, 0.6) is 5.75 Å². The number of aliphatic carboxylic acids is 1. The van der Waals surface area contributed by atoms with Gasteiger partial charge in [-0.3, -0.25) is 9.59 Å². The fourth-order valence-corrected chi connectivity index (χ4v) is 4.68. The zero-order valence-corrected chi connectivity index (χ0v) is 20.4. The van der Waals surface area contributed by atoms with Crippen molar-refractivity contribution in [2.24, 2.45) is 5.73 Å². The molecule has 7 nitrogen and oxygen atoms in total. The Morgan fingerprint density at radius 2 is 1.61 bits per heavy atom. The minimum atomic E-state index is -1.15. The van der Waals surface area contributed by atoms with Crippen LogP contribution in [0.1, 0.15) is 48.0 Å². The maximum absolute atomic E-state index is 13.2. The number of rotatable bonds is 8. The van der Waals surface area contributed by atoms with Gasteiger partial charge in [0.2, 0.25) is 0 Å². The number of carboxylic acid groups (broad SMARTS) is 1. The van der Waals surface area contributed by atoms with E-state index in [1.807, 2.05) is 79.8 Å². The molecule has 0 spiro atoms. The smallest absolute Gasteiger partial charge is 0.341 e. The number of primary amides is 1. The van der Waals surface area contributed by atoms with Gasteiger partial charge in [-0.1, -0.05) is 75.4 Å². The summed E-state index contributed by atoms with van der Waals surface area (Å²) in [5, 5.41) is 9.16. The first-order valence-corrected chi connectivity index (χ1v) is 11.6. The standard InChI is InChI=1S/C29H28N2O5/c1-29(2,3)25-21(16-19-12-7-8-13-20(19)18-10-5-4-6-11-18)31-15-9-14-22(36-17-23(32)33)26(31)24(25)27(34)28(30)35/h4-15H,16-17H2,1-3H3,(H2,30,35)(H,32,33). The Morgan fingerprint density at radius 1 is 0.944 bits per heavy atom. The molecule has 0 bridgehead atoms. The van der Waals surface area contributed by atoms with Crippen molar-refractivity contribution in [3.05, 3.63) is 95.3 Å². The third-order valence-electron chi connectivity index (χ3n) is 6.04. The van der Waals surface area contributed by atoms with Crippen molar-refractivity contribution in [2.75, 3.05) is 6.61 Å². The molecule has 0 fully saturated rings. The topological polar surface area (TPSA) is 111 Å². The first-order chi connectivity index (χ1) is 17.1. The Balaban J connectivity index is 2.02. The zero-order chi connectivity index (χ0) is 26.0. The highest BCUT2D eigenvalue weighted by Gasteiger charge is 2.34. The molecule has 0 atom stereocenters. The third-order valence-corrected chi connectivity index (χ3v) is 6.04. The van der Waals surface area contributed by atoms with E-state index in [2.05, 4.69) is 0 Å². The lowest BCUT2D eigenvalue weighted by Crippen LogP contribution is -2.26. The molecule has 3 N–H and O–H groups in total. The maximum atomic E-state index is 13.2. The van der Waals surface area contributed by atoms with Crippen LogP contribution in [0.25, 0.3) is 16.6 Å². The number of carbonyl (C=O) groups is 3. The minimum absolute atomic E-state index is 0.142. The van der Waals surface area contributed by atoms with Crippen LogP contribution in [0.15, 0.2) is 72.9 Å². The van der Waals surface area contributed by atoms with E-state index in [0.717, 1.165) is 22.4 Å². The van der Waals surface area contributed by atoms with Gasteiger partial charge in [0.25, 0.3) is 11.7 Å². The Kier molecular flexibility index (Phi) is 6.66. The maximum Gasteiger partial charge on any atom is 0.341 e. The quantitative estimate of drug-likeness (QED) is 0.280. The van der Waals surface area contributed by atoms with Gasteiger partial charge in [-0.05, 0) is 39.8 Å². The van der Waals surface area contributed by atoms with Gasteiger partial charge in [-0.2, -0.15) is 0 Å². The summed E-state index contributed by atoms with van der Waals surface area (Å²) in [6, 6.07) is 21.3. The monoisotopic (exact) mass is 484 g/mol. The molecule has 1 amide bonds. The number of pyridine rings is 1. The number of amides is 1.